The van der Waals surface area contributed by atoms with Gasteiger partial charge in [0.25, 0.3) is 0 Å². The number of aliphatic hydroxyl groups is 2. The molecule has 1 aromatic heterocycles. The minimum atomic E-state index is -1.22. The van der Waals surface area contributed by atoms with Crippen molar-refractivity contribution >= 4 is 29.2 Å². The molecule has 200 valence electrons. The third kappa shape index (κ3) is 5.62. The Morgan fingerprint density at radius 1 is 1.19 bits per heavy atom. The Labute approximate surface area is 218 Å². The Hall–Kier alpha value is -1.61. The second-order valence-corrected chi connectivity index (χ2v) is 13.2. The standard InChI is InChI=1S/C28H41NO6S/c1-14(8-19-13-36-17(4)29-19)21-10-23-28(7,35-23)12-18-9-20(18)15(2)25(32)16(3)26(33)27(5,6)22(30)11-24(31)34-21/h8,13,15-16,18,20-23,25,30,32H,9-12H2,1-7H3/b14-8+/t15-,16+,18-,20-,21-,22-,23-,25-,28+/m0/s1. The molecule has 4 rings (SSSR count). The van der Waals surface area contributed by atoms with Crippen molar-refractivity contribution in [1.82, 2.24) is 4.98 Å². The smallest absolute Gasteiger partial charge is 0.309 e. The predicted molar refractivity (Wildman–Crippen MR) is 138 cm³/mol. The van der Waals surface area contributed by atoms with Crippen molar-refractivity contribution in [3.05, 3.63) is 21.7 Å². The van der Waals surface area contributed by atoms with Gasteiger partial charge in [-0.05, 0) is 63.0 Å². The number of aryl methyl sites for hydroxylation is 1. The van der Waals surface area contributed by atoms with Crippen molar-refractivity contribution in [2.24, 2.45) is 29.1 Å². The first kappa shape index (κ1) is 27.4. The van der Waals surface area contributed by atoms with Crippen molar-refractivity contribution in [2.75, 3.05) is 0 Å². The lowest BCUT2D eigenvalue weighted by Crippen LogP contribution is -2.46. The van der Waals surface area contributed by atoms with Crippen molar-refractivity contribution in [3.8, 4) is 0 Å². The van der Waals surface area contributed by atoms with Crippen LogP contribution in [0.25, 0.3) is 6.08 Å². The van der Waals surface area contributed by atoms with E-state index in [1.165, 1.54) is 0 Å². The number of Topliss-reactive ketones (excluding diaryl/α,β-unsaturated/α-hetero) is 1. The molecule has 1 aliphatic carbocycles. The third-order valence-electron chi connectivity index (χ3n) is 8.87. The van der Waals surface area contributed by atoms with E-state index in [0.717, 1.165) is 29.1 Å². The van der Waals surface area contributed by atoms with Crippen LogP contribution in [0.3, 0.4) is 0 Å². The molecule has 36 heavy (non-hydrogen) atoms. The topological polar surface area (TPSA) is 109 Å². The molecular weight excluding hydrogens is 478 g/mol. The Balaban J connectivity index is 1.59. The molecule has 0 radical (unpaired) electrons. The molecule has 1 saturated carbocycles. The number of carbonyl (C=O) groups is 2. The van der Waals surface area contributed by atoms with Crippen LogP contribution in [0.4, 0.5) is 0 Å². The van der Waals surface area contributed by atoms with Crippen LogP contribution in [0.2, 0.25) is 0 Å². The fourth-order valence-electron chi connectivity index (χ4n) is 5.97. The summed E-state index contributed by atoms with van der Waals surface area (Å²) in [5.41, 5.74) is 0.209. The van der Waals surface area contributed by atoms with Gasteiger partial charge in [-0.3, -0.25) is 9.59 Å². The van der Waals surface area contributed by atoms with Gasteiger partial charge >= 0.3 is 5.97 Å². The van der Waals surface area contributed by atoms with Gasteiger partial charge < -0.3 is 19.7 Å². The van der Waals surface area contributed by atoms with Gasteiger partial charge in [-0.25, -0.2) is 4.98 Å². The van der Waals surface area contributed by atoms with E-state index in [2.05, 4.69) is 11.9 Å². The van der Waals surface area contributed by atoms with E-state index in [1.807, 2.05) is 32.2 Å². The van der Waals surface area contributed by atoms with E-state index >= 15 is 0 Å². The molecular formula is C28H41NO6S. The van der Waals surface area contributed by atoms with Crippen molar-refractivity contribution in [2.45, 2.75) is 104 Å². The van der Waals surface area contributed by atoms with E-state index < -0.39 is 35.6 Å². The number of hydrogen-bond acceptors (Lipinski definition) is 8. The molecule has 7 nitrogen and oxygen atoms in total. The van der Waals surface area contributed by atoms with Crippen LogP contribution in [0.1, 0.15) is 77.9 Å². The Morgan fingerprint density at radius 3 is 2.53 bits per heavy atom. The molecule has 3 aliphatic rings. The maximum atomic E-state index is 13.3. The van der Waals surface area contributed by atoms with Gasteiger partial charge in [-0.1, -0.05) is 27.7 Å². The van der Waals surface area contributed by atoms with Crippen LogP contribution in [0.15, 0.2) is 11.0 Å². The number of carbonyl (C=O) groups excluding carboxylic acids is 2. The lowest BCUT2D eigenvalue weighted by atomic mass is 9.72. The first-order valence-corrected chi connectivity index (χ1v) is 14.0. The van der Waals surface area contributed by atoms with E-state index in [-0.39, 0.29) is 29.8 Å². The molecule has 0 aromatic carbocycles. The second-order valence-electron chi connectivity index (χ2n) is 12.1. The summed E-state index contributed by atoms with van der Waals surface area (Å²) in [5.74, 6) is -0.686. The Bertz CT molecular complexity index is 1030. The van der Waals surface area contributed by atoms with E-state index in [9.17, 15) is 19.8 Å². The zero-order valence-corrected chi connectivity index (χ0v) is 23.3. The zero-order valence-electron chi connectivity index (χ0n) is 22.5. The quantitative estimate of drug-likeness (QED) is 0.442. The monoisotopic (exact) mass is 519 g/mol. The van der Waals surface area contributed by atoms with E-state index in [1.54, 1.807) is 32.1 Å². The van der Waals surface area contributed by atoms with Gasteiger partial charge in [-0.2, -0.15) is 0 Å². The summed E-state index contributed by atoms with van der Waals surface area (Å²) < 4.78 is 12.1. The summed E-state index contributed by atoms with van der Waals surface area (Å²) in [4.78, 5) is 30.8. The number of aromatic nitrogens is 1. The maximum Gasteiger partial charge on any atom is 0.309 e. The fourth-order valence-corrected chi connectivity index (χ4v) is 6.54. The van der Waals surface area contributed by atoms with E-state index in [0.29, 0.717) is 18.3 Å². The number of esters is 1. The second kappa shape index (κ2) is 9.93. The van der Waals surface area contributed by atoms with Crippen LogP contribution in [0, 0.1) is 36.0 Å². The zero-order chi connectivity index (χ0) is 26.6. The van der Waals surface area contributed by atoms with Gasteiger partial charge in [0, 0.05) is 17.7 Å². The normalized spacial score (nSPS) is 41.8. The molecule has 2 aliphatic heterocycles. The summed E-state index contributed by atoms with van der Waals surface area (Å²) in [7, 11) is 0. The summed E-state index contributed by atoms with van der Waals surface area (Å²) in [6.07, 6.45) is 1.49. The van der Waals surface area contributed by atoms with Crippen LogP contribution < -0.4 is 0 Å². The molecule has 1 aromatic rings. The van der Waals surface area contributed by atoms with Crippen LogP contribution in [-0.2, 0) is 19.1 Å². The number of rotatable bonds is 2. The first-order chi connectivity index (χ1) is 16.7. The summed E-state index contributed by atoms with van der Waals surface area (Å²) in [6, 6.07) is 0. The number of aliphatic hydroxyl groups excluding tert-OH is 2. The summed E-state index contributed by atoms with van der Waals surface area (Å²) >= 11 is 1.56. The summed E-state index contributed by atoms with van der Waals surface area (Å²) in [5, 5.41) is 24.9. The predicted octanol–water partition coefficient (Wildman–Crippen LogP) is 4.33. The van der Waals surface area contributed by atoms with Crippen molar-refractivity contribution in [3.63, 3.8) is 0 Å². The van der Waals surface area contributed by atoms with Crippen molar-refractivity contribution in [1.29, 1.82) is 0 Å². The molecule has 2 saturated heterocycles. The molecule has 3 fully saturated rings. The Kier molecular flexibility index (Phi) is 7.57. The number of nitrogens with zero attached hydrogens (tertiary/aromatic N) is 1. The van der Waals surface area contributed by atoms with Gasteiger partial charge in [-0.15, -0.1) is 11.3 Å². The highest BCUT2D eigenvalue weighted by Gasteiger charge is 2.58. The molecule has 8 heteroatoms. The molecule has 9 atom stereocenters. The Morgan fingerprint density at radius 2 is 1.89 bits per heavy atom. The number of ether oxygens (including phenoxy) is 2. The van der Waals surface area contributed by atoms with Crippen molar-refractivity contribution < 1.29 is 29.3 Å². The maximum absolute atomic E-state index is 13.3. The minimum absolute atomic E-state index is 0.0277. The minimum Gasteiger partial charge on any atom is -0.458 e. The lowest BCUT2D eigenvalue weighted by molar-refractivity contribution is -0.154. The number of thiazole rings is 1. The molecule has 0 unspecified atom stereocenters. The highest BCUT2D eigenvalue weighted by atomic mass is 32.1. The SMILES string of the molecule is C/C(=C\c1csc(C)n1)[C@@H]1C[C@@H]2O[C@]2(C)C[C@@H]2C[C@H]2[C@H](C)[C@H](O)[C@@H](C)C(=O)C(C)(C)[C@@H](O)CC(=O)O1. The number of ketones is 1. The summed E-state index contributed by atoms with van der Waals surface area (Å²) in [6.45, 7) is 13.0. The highest BCUT2D eigenvalue weighted by molar-refractivity contribution is 7.09. The third-order valence-corrected chi connectivity index (χ3v) is 9.66. The number of cyclic esters (lactones) is 1. The van der Waals surface area contributed by atoms with Gasteiger partial charge in [0.05, 0.1) is 46.5 Å². The molecule has 3 heterocycles. The molecule has 2 N–H and O–H groups in total. The van der Waals surface area contributed by atoms with Crippen LogP contribution >= 0.6 is 11.3 Å². The number of epoxide rings is 1. The number of fused-ring (bicyclic) bond motifs is 2. The average molecular weight is 520 g/mol. The molecule has 0 spiro atoms. The van der Waals surface area contributed by atoms with Gasteiger partial charge in [0.15, 0.2) is 0 Å². The first-order valence-electron chi connectivity index (χ1n) is 13.1. The van der Waals surface area contributed by atoms with E-state index in [4.69, 9.17) is 9.47 Å². The average Bonchev–Trinajstić information content (AvgIpc) is 3.66. The molecule has 0 bridgehead atoms. The fraction of sp³-hybridized carbons (Fsp3) is 0.750. The lowest BCUT2D eigenvalue weighted by Gasteiger charge is -2.34. The highest BCUT2D eigenvalue weighted by Crippen LogP contribution is 2.56. The van der Waals surface area contributed by atoms with Gasteiger partial charge in [0.1, 0.15) is 11.9 Å². The largest absolute Gasteiger partial charge is 0.458 e. The van der Waals surface area contributed by atoms with Gasteiger partial charge in [0.2, 0.25) is 0 Å². The van der Waals surface area contributed by atoms with Crippen LogP contribution in [-0.4, -0.2) is 57.0 Å². The molecule has 0 amide bonds. The van der Waals surface area contributed by atoms with Crippen LogP contribution in [0.5, 0.6) is 0 Å². The number of hydrogen-bond donors (Lipinski definition) is 2.